The summed E-state index contributed by atoms with van der Waals surface area (Å²) in [6, 6.07) is 17.5. The number of furan rings is 1. The first-order valence-electron chi connectivity index (χ1n) is 7.79. The maximum absolute atomic E-state index is 10.6. The summed E-state index contributed by atoms with van der Waals surface area (Å²) in [6.07, 6.45) is -2.85. The van der Waals surface area contributed by atoms with Crippen LogP contribution in [-0.2, 0) is 11.2 Å². The summed E-state index contributed by atoms with van der Waals surface area (Å²) in [7, 11) is 0. The lowest BCUT2D eigenvalue weighted by Gasteiger charge is -2.08. The molecule has 3 rings (SSSR count). The third-order valence-electron chi connectivity index (χ3n) is 3.47. The van der Waals surface area contributed by atoms with Gasteiger partial charge in [-0.15, -0.1) is 0 Å². The standard InChI is InChI=1S/C17H13N3O.C2HF3O2/c18-11-15-14(16-7-4-8-21-16)10-13(20-17(15)19)9-12-5-2-1-3-6-12;3-2(4,5)1(6)7/h1-8,10H,9H2,(H2,19,20);(H,6,7). The zero-order valence-corrected chi connectivity index (χ0v) is 14.3. The minimum atomic E-state index is -5.08. The SMILES string of the molecule is N#Cc1c(-c2ccco2)cc(Cc2ccccc2)nc1N.O=C(O)C(F)(F)F. The summed E-state index contributed by atoms with van der Waals surface area (Å²) in [5.74, 6) is -1.90. The molecule has 3 N–H and O–H groups in total. The van der Waals surface area contributed by atoms with Crippen molar-refractivity contribution < 1.29 is 27.5 Å². The fourth-order valence-corrected chi connectivity index (χ4v) is 2.26. The van der Waals surface area contributed by atoms with Crippen molar-refractivity contribution in [3.8, 4) is 17.4 Å². The number of carbonyl (C=O) groups is 1. The third-order valence-corrected chi connectivity index (χ3v) is 3.47. The van der Waals surface area contributed by atoms with Crippen LogP contribution in [0, 0.1) is 11.3 Å². The average Bonchev–Trinajstić information content (AvgIpc) is 3.16. The highest BCUT2D eigenvalue weighted by molar-refractivity contribution is 5.73. The molecule has 28 heavy (non-hydrogen) atoms. The van der Waals surface area contributed by atoms with Crippen molar-refractivity contribution in [3.63, 3.8) is 0 Å². The van der Waals surface area contributed by atoms with Gasteiger partial charge in [-0.3, -0.25) is 0 Å². The molecule has 0 amide bonds. The van der Waals surface area contributed by atoms with Crippen molar-refractivity contribution in [3.05, 3.63) is 71.6 Å². The highest BCUT2D eigenvalue weighted by Crippen LogP contribution is 2.28. The number of nitrogen functional groups attached to an aromatic ring is 1. The molecule has 3 aromatic rings. The van der Waals surface area contributed by atoms with Crippen LogP contribution in [0.15, 0.2) is 59.2 Å². The second kappa shape index (κ2) is 8.73. The first kappa shape index (κ1) is 20.5. The number of anilines is 1. The molecule has 0 atom stereocenters. The van der Waals surface area contributed by atoms with E-state index in [1.807, 2.05) is 42.5 Å². The van der Waals surface area contributed by atoms with Crippen molar-refractivity contribution in [1.29, 1.82) is 5.26 Å². The molecule has 9 heteroatoms. The van der Waals surface area contributed by atoms with Gasteiger partial charge in [-0.1, -0.05) is 30.3 Å². The second-order valence-electron chi connectivity index (χ2n) is 5.48. The van der Waals surface area contributed by atoms with Gasteiger partial charge in [0.25, 0.3) is 0 Å². The topological polar surface area (TPSA) is 113 Å². The molecule has 144 valence electrons. The van der Waals surface area contributed by atoms with E-state index in [-0.39, 0.29) is 5.82 Å². The lowest BCUT2D eigenvalue weighted by Crippen LogP contribution is -2.21. The van der Waals surface area contributed by atoms with Crippen LogP contribution < -0.4 is 5.73 Å². The Kier molecular flexibility index (Phi) is 6.39. The Labute approximate surface area is 157 Å². The Morgan fingerprint density at radius 1 is 1.21 bits per heavy atom. The van der Waals surface area contributed by atoms with Crippen molar-refractivity contribution >= 4 is 11.8 Å². The Balaban J connectivity index is 0.000000345. The molecule has 2 heterocycles. The molecule has 6 nitrogen and oxygen atoms in total. The van der Waals surface area contributed by atoms with Gasteiger partial charge in [0.2, 0.25) is 0 Å². The minimum absolute atomic E-state index is 0.234. The number of aliphatic carboxylic acids is 1. The van der Waals surface area contributed by atoms with Gasteiger partial charge in [0, 0.05) is 17.7 Å². The summed E-state index contributed by atoms with van der Waals surface area (Å²) in [6.45, 7) is 0. The van der Waals surface area contributed by atoms with Crippen molar-refractivity contribution in [1.82, 2.24) is 4.98 Å². The first-order valence-corrected chi connectivity index (χ1v) is 7.79. The van der Waals surface area contributed by atoms with Crippen molar-refractivity contribution in [2.45, 2.75) is 12.6 Å². The number of pyridine rings is 1. The number of halogens is 3. The number of nitrogens with zero attached hydrogens (tertiary/aromatic N) is 2. The Morgan fingerprint density at radius 3 is 2.36 bits per heavy atom. The van der Waals surface area contributed by atoms with Crippen molar-refractivity contribution in [2.75, 3.05) is 5.73 Å². The van der Waals surface area contributed by atoms with Crippen LogP contribution in [0.2, 0.25) is 0 Å². The molecule has 0 saturated heterocycles. The molecule has 0 aliphatic rings. The van der Waals surface area contributed by atoms with Crippen LogP contribution >= 0.6 is 0 Å². The number of rotatable bonds is 3. The van der Waals surface area contributed by atoms with Gasteiger partial charge in [-0.25, -0.2) is 9.78 Å². The highest BCUT2D eigenvalue weighted by Gasteiger charge is 2.38. The van der Waals surface area contributed by atoms with Crippen LogP contribution in [0.4, 0.5) is 19.0 Å². The number of nitrogens with two attached hydrogens (primary N) is 1. The number of carboxylic acids is 1. The maximum atomic E-state index is 10.6. The van der Waals surface area contributed by atoms with E-state index in [0.717, 1.165) is 11.3 Å². The van der Waals surface area contributed by atoms with Crippen LogP contribution in [0.1, 0.15) is 16.8 Å². The lowest BCUT2D eigenvalue weighted by atomic mass is 10.0. The van der Waals surface area contributed by atoms with Gasteiger partial charge in [-0.2, -0.15) is 18.4 Å². The number of hydrogen-bond acceptors (Lipinski definition) is 5. The average molecular weight is 389 g/mol. The Morgan fingerprint density at radius 2 is 1.86 bits per heavy atom. The Bertz CT molecular complexity index is 979. The molecule has 0 radical (unpaired) electrons. The summed E-state index contributed by atoms with van der Waals surface area (Å²) in [5, 5.41) is 16.4. The van der Waals surface area contributed by atoms with E-state index in [0.29, 0.717) is 23.3 Å². The van der Waals surface area contributed by atoms with Gasteiger partial charge >= 0.3 is 12.1 Å². The van der Waals surface area contributed by atoms with Gasteiger partial charge < -0.3 is 15.3 Å². The zero-order chi connectivity index (χ0) is 20.7. The van der Waals surface area contributed by atoms with E-state index >= 15 is 0 Å². The predicted octanol–water partition coefficient (Wildman–Crippen LogP) is 4.02. The molecule has 0 saturated carbocycles. The molecule has 0 unspecified atom stereocenters. The van der Waals surface area contributed by atoms with Crippen molar-refractivity contribution in [2.24, 2.45) is 0 Å². The normalized spacial score (nSPS) is 10.5. The highest BCUT2D eigenvalue weighted by atomic mass is 19.4. The number of hydrogen-bond donors (Lipinski definition) is 2. The monoisotopic (exact) mass is 389 g/mol. The smallest absolute Gasteiger partial charge is 0.475 e. The third kappa shape index (κ3) is 5.35. The zero-order valence-electron chi connectivity index (χ0n) is 14.3. The van der Waals surface area contributed by atoms with Gasteiger partial charge in [0.15, 0.2) is 0 Å². The Hall–Kier alpha value is -3.80. The van der Waals surface area contributed by atoms with E-state index < -0.39 is 12.1 Å². The molecule has 0 fully saturated rings. The summed E-state index contributed by atoms with van der Waals surface area (Å²) in [4.78, 5) is 13.2. The number of aromatic nitrogens is 1. The van der Waals surface area contributed by atoms with E-state index in [1.54, 1.807) is 12.3 Å². The fraction of sp³-hybridized carbons (Fsp3) is 0.105. The molecule has 0 bridgehead atoms. The van der Waals surface area contributed by atoms with E-state index in [4.69, 9.17) is 20.1 Å². The number of alkyl halides is 3. The van der Waals surface area contributed by atoms with Crippen LogP contribution in [0.3, 0.4) is 0 Å². The van der Waals surface area contributed by atoms with Gasteiger partial charge in [0.1, 0.15) is 23.2 Å². The molecule has 1 aromatic carbocycles. The lowest BCUT2D eigenvalue weighted by molar-refractivity contribution is -0.192. The van der Waals surface area contributed by atoms with Gasteiger partial charge in [0.05, 0.1) is 6.26 Å². The van der Waals surface area contributed by atoms with E-state index in [9.17, 15) is 18.4 Å². The molecular weight excluding hydrogens is 375 g/mol. The molecule has 0 aliphatic carbocycles. The van der Waals surface area contributed by atoms with E-state index in [2.05, 4.69) is 11.1 Å². The fourth-order valence-electron chi connectivity index (χ4n) is 2.26. The first-order chi connectivity index (χ1) is 13.2. The number of benzene rings is 1. The van der Waals surface area contributed by atoms with Gasteiger partial charge in [-0.05, 0) is 23.8 Å². The summed E-state index contributed by atoms with van der Waals surface area (Å²) in [5.41, 5.74) is 8.90. The van der Waals surface area contributed by atoms with E-state index in [1.165, 1.54) is 0 Å². The quantitative estimate of drug-likeness (QED) is 0.699. The second-order valence-corrected chi connectivity index (χ2v) is 5.48. The maximum Gasteiger partial charge on any atom is 0.490 e. The minimum Gasteiger partial charge on any atom is -0.475 e. The summed E-state index contributed by atoms with van der Waals surface area (Å²) < 4.78 is 37.1. The van der Waals surface area contributed by atoms with Crippen LogP contribution in [-0.4, -0.2) is 22.2 Å². The number of carboxylic acid groups (broad SMARTS) is 1. The molecule has 2 aromatic heterocycles. The molecule has 0 spiro atoms. The van der Waals surface area contributed by atoms with Crippen LogP contribution in [0.25, 0.3) is 11.3 Å². The summed E-state index contributed by atoms with van der Waals surface area (Å²) >= 11 is 0. The predicted molar refractivity (Wildman–Crippen MR) is 94.0 cm³/mol. The number of nitriles is 1. The molecule has 0 aliphatic heterocycles. The van der Waals surface area contributed by atoms with Crippen LogP contribution in [0.5, 0.6) is 0 Å². The largest absolute Gasteiger partial charge is 0.490 e. The molecular formula is C19H14F3N3O3.